The predicted molar refractivity (Wildman–Crippen MR) is 534 cm³/mol. The van der Waals surface area contributed by atoms with Crippen LogP contribution in [-0.2, 0) is 5.41 Å². The Morgan fingerprint density at radius 3 is 1.03 bits per heavy atom. The summed E-state index contributed by atoms with van der Waals surface area (Å²) < 4.78 is 4.86. The number of para-hydroxylation sites is 4. The normalized spacial score (nSPS) is 12.4. The third-order valence-corrected chi connectivity index (χ3v) is 26.9. The number of hydrogen-bond donors (Lipinski definition) is 0. The van der Waals surface area contributed by atoms with E-state index in [-0.39, 0.29) is 0 Å². The standard InChI is InChI=1S/C71H44N4.C49H36N4/c1-3-17-48(18-4-1)74(50-35-31-45(32-36-50)66-44-72-69-58-26-9-7-21-52(58)53-22-8-10-27-59(53)70(69)73-66)51-37-40-68-61(43-51)60-41-46(34-39-67(60)75(68)49-19-5-2-6-20-49)47-33-38-57-56-25-13-16-30-64(56)71(65(57)42-47)62-28-14-11-23-54(62)55-24-12-15-29-63(55)71;1-31-27-32(2)49(33(3)28-31)53-45-20-12-11-17-40(45)43-29-37(25-26-46(43)53)52(35-13-5-4-6-14-35)36-23-21-34(22-24-36)44-30-50-47-41-18-9-7-15-38(41)39-16-8-10-19-42(39)48(47)51-44/h1-44H;4-30H,1-3H3. The lowest BCUT2D eigenvalue weighted by Crippen LogP contribution is -2.25. The summed E-state index contributed by atoms with van der Waals surface area (Å²) in [6.45, 7) is 6.61. The summed E-state index contributed by atoms with van der Waals surface area (Å²) in [5.41, 5.74) is 37.4. The number of anilines is 6. The molecule has 2 aliphatic carbocycles. The maximum Gasteiger partial charge on any atom is 0.0979 e. The van der Waals surface area contributed by atoms with E-state index in [1.165, 1.54) is 132 Å². The van der Waals surface area contributed by atoms with Gasteiger partial charge in [0.2, 0.25) is 0 Å². The molecule has 0 saturated carbocycles. The maximum absolute atomic E-state index is 5.32. The third kappa shape index (κ3) is 11.5. The molecule has 8 nitrogen and oxygen atoms in total. The van der Waals surface area contributed by atoms with Gasteiger partial charge >= 0.3 is 0 Å². The Labute approximate surface area is 740 Å². The average molecular weight is 1630 g/mol. The second-order valence-corrected chi connectivity index (χ2v) is 34.1. The molecule has 600 valence electrons. The van der Waals surface area contributed by atoms with Crippen molar-refractivity contribution in [2.75, 3.05) is 9.80 Å². The van der Waals surface area contributed by atoms with Crippen LogP contribution in [0.5, 0.6) is 0 Å². The van der Waals surface area contributed by atoms with Crippen LogP contribution in [0.1, 0.15) is 38.9 Å². The summed E-state index contributed by atoms with van der Waals surface area (Å²) in [7, 11) is 0. The quantitative estimate of drug-likeness (QED) is 0.120. The van der Waals surface area contributed by atoms with Gasteiger partial charge in [-0.25, -0.2) is 9.97 Å². The van der Waals surface area contributed by atoms with E-state index in [1.54, 1.807) is 0 Å². The van der Waals surface area contributed by atoms with E-state index < -0.39 is 5.41 Å². The Hall–Kier alpha value is -16.7. The molecule has 128 heavy (non-hydrogen) atoms. The van der Waals surface area contributed by atoms with Gasteiger partial charge in [0.1, 0.15) is 0 Å². The van der Waals surface area contributed by atoms with Crippen LogP contribution in [0, 0.1) is 20.8 Å². The highest BCUT2D eigenvalue weighted by atomic mass is 15.2. The molecule has 4 heterocycles. The lowest BCUT2D eigenvalue weighted by Gasteiger charge is -2.30. The number of nitrogens with zero attached hydrogens (tertiary/aromatic N) is 8. The van der Waals surface area contributed by atoms with Crippen LogP contribution in [0.3, 0.4) is 0 Å². The summed E-state index contributed by atoms with van der Waals surface area (Å²) in [4.78, 5) is 25.3. The molecule has 0 saturated heterocycles. The fourth-order valence-electron chi connectivity index (χ4n) is 21.5. The van der Waals surface area contributed by atoms with Gasteiger partial charge in [0, 0.05) is 94.0 Å². The van der Waals surface area contributed by atoms with Gasteiger partial charge in [0.15, 0.2) is 0 Å². The molecular weight excluding hydrogens is 1550 g/mol. The van der Waals surface area contributed by atoms with Crippen molar-refractivity contribution in [3.8, 4) is 67.3 Å². The molecule has 24 aromatic rings. The third-order valence-electron chi connectivity index (χ3n) is 26.9. The van der Waals surface area contributed by atoms with Crippen molar-refractivity contribution in [2.45, 2.75) is 26.2 Å². The van der Waals surface area contributed by atoms with Crippen molar-refractivity contribution in [3.63, 3.8) is 0 Å². The average Bonchev–Trinajstić information content (AvgIpc) is 1.50. The van der Waals surface area contributed by atoms with E-state index in [2.05, 4.69) is 458 Å². The van der Waals surface area contributed by atoms with Gasteiger partial charge in [0.05, 0.1) is 79.0 Å². The van der Waals surface area contributed by atoms with Crippen LogP contribution in [0.4, 0.5) is 34.1 Å². The second kappa shape index (κ2) is 29.5. The molecule has 0 bridgehead atoms. The van der Waals surface area contributed by atoms with E-state index in [4.69, 9.17) is 19.9 Å². The number of benzene rings is 20. The molecule has 0 amide bonds. The molecule has 2 aliphatic rings. The van der Waals surface area contributed by atoms with Gasteiger partial charge in [-0.2, -0.15) is 0 Å². The monoisotopic (exact) mass is 1630 g/mol. The zero-order chi connectivity index (χ0) is 84.8. The summed E-state index contributed by atoms with van der Waals surface area (Å²) >= 11 is 0. The zero-order valence-corrected chi connectivity index (χ0v) is 70.6. The number of fused-ring (bicyclic) bond motifs is 28. The van der Waals surface area contributed by atoms with Crippen LogP contribution < -0.4 is 9.80 Å². The van der Waals surface area contributed by atoms with Crippen LogP contribution in [0.25, 0.3) is 176 Å². The summed E-state index contributed by atoms with van der Waals surface area (Å²) in [6, 6.07) is 152. The van der Waals surface area contributed by atoms with Gasteiger partial charge in [0.25, 0.3) is 0 Å². The van der Waals surface area contributed by atoms with Crippen LogP contribution in [0.15, 0.2) is 431 Å². The summed E-state index contributed by atoms with van der Waals surface area (Å²) in [6.07, 6.45) is 3.83. The lowest BCUT2D eigenvalue weighted by molar-refractivity contribution is 0.794. The molecule has 20 aromatic carbocycles. The second-order valence-electron chi connectivity index (χ2n) is 34.1. The first kappa shape index (κ1) is 74.0. The molecule has 0 aliphatic heterocycles. The van der Waals surface area contributed by atoms with Crippen molar-refractivity contribution in [2.24, 2.45) is 0 Å². The largest absolute Gasteiger partial charge is 0.310 e. The Morgan fingerprint density at radius 1 is 0.227 bits per heavy atom. The van der Waals surface area contributed by atoms with Crippen molar-refractivity contribution in [1.82, 2.24) is 29.1 Å². The number of aryl methyl sites for hydroxylation is 3. The summed E-state index contributed by atoms with van der Waals surface area (Å²) in [5, 5.41) is 14.1. The highest BCUT2D eigenvalue weighted by Crippen LogP contribution is 2.63. The number of aromatic nitrogens is 6. The van der Waals surface area contributed by atoms with E-state index in [1.807, 2.05) is 12.4 Å². The Kier molecular flexibility index (Phi) is 17.1. The van der Waals surface area contributed by atoms with Gasteiger partial charge in [-0.1, -0.05) is 303 Å². The van der Waals surface area contributed by atoms with Crippen LogP contribution >= 0.6 is 0 Å². The number of rotatable bonds is 11. The van der Waals surface area contributed by atoms with E-state index in [9.17, 15) is 0 Å². The minimum Gasteiger partial charge on any atom is -0.310 e. The van der Waals surface area contributed by atoms with E-state index in [0.717, 1.165) is 117 Å². The Bertz CT molecular complexity index is 8510. The first-order valence-corrected chi connectivity index (χ1v) is 44.0. The smallest absolute Gasteiger partial charge is 0.0979 e. The molecule has 8 heteroatoms. The van der Waals surface area contributed by atoms with Crippen LogP contribution in [0.2, 0.25) is 0 Å². The summed E-state index contributed by atoms with van der Waals surface area (Å²) in [5.74, 6) is 0. The van der Waals surface area contributed by atoms with Crippen molar-refractivity contribution < 1.29 is 0 Å². The topological polar surface area (TPSA) is 67.9 Å². The molecule has 1 spiro atoms. The van der Waals surface area contributed by atoms with Gasteiger partial charge in [-0.3, -0.25) is 9.97 Å². The van der Waals surface area contributed by atoms with E-state index in [0.29, 0.717) is 0 Å². The lowest BCUT2D eigenvalue weighted by atomic mass is 9.70. The fraction of sp³-hybridized carbons (Fsp3) is 0.0333. The first-order chi connectivity index (χ1) is 63.2. The molecule has 0 radical (unpaired) electrons. The highest BCUT2D eigenvalue weighted by molar-refractivity contribution is 6.25. The molecule has 26 rings (SSSR count). The van der Waals surface area contributed by atoms with Crippen molar-refractivity contribution in [1.29, 1.82) is 0 Å². The molecule has 0 fully saturated rings. The Balaban J connectivity index is 0.000000148. The molecule has 0 unspecified atom stereocenters. The van der Waals surface area contributed by atoms with Gasteiger partial charge in [-0.15, -0.1) is 0 Å². The number of hydrogen-bond acceptors (Lipinski definition) is 6. The SMILES string of the molecule is Cc1cc(C)c(-n2c3ccccc3c3cc(N(c4ccccc4)c4ccc(-c5cnc6c7ccccc7c7ccccc7c6n5)cc4)ccc32)c(C)c1.c1ccc(N(c2ccc(-c3cnc4c5ccccc5c5ccccc5c4n3)cc2)c2ccc3c(c2)c2cc(-c4ccc5c(c4)C4(c6ccccc6-c6ccccc64)c4ccccc4-5)ccc2n3-c2ccccc2)cc1. The van der Waals surface area contributed by atoms with Gasteiger partial charge in [-0.05, 0) is 230 Å². The Morgan fingerprint density at radius 2 is 0.555 bits per heavy atom. The first-order valence-electron chi connectivity index (χ1n) is 44.0. The predicted octanol–water partition coefficient (Wildman–Crippen LogP) is 31.3. The highest BCUT2D eigenvalue weighted by Gasteiger charge is 2.51. The fourth-order valence-corrected chi connectivity index (χ4v) is 21.5. The zero-order valence-electron chi connectivity index (χ0n) is 70.6. The van der Waals surface area contributed by atoms with E-state index >= 15 is 0 Å². The van der Waals surface area contributed by atoms with Crippen LogP contribution in [-0.4, -0.2) is 29.1 Å². The van der Waals surface area contributed by atoms with Gasteiger partial charge < -0.3 is 18.9 Å². The minimum absolute atomic E-state index is 0.413. The molecule has 0 N–H and O–H groups in total. The molecular formula is C120H80N8. The van der Waals surface area contributed by atoms with Crippen molar-refractivity contribution in [3.05, 3.63) is 470 Å². The molecule has 4 aromatic heterocycles. The minimum atomic E-state index is -0.413. The molecule has 0 atom stereocenters. The maximum atomic E-state index is 5.32. The van der Waals surface area contributed by atoms with Crippen molar-refractivity contribution >= 4 is 143 Å².